The average Bonchev–Trinajstić information content (AvgIpc) is 2.84. The fraction of sp³-hybridized carbons (Fsp3) is 0.786. The summed E-state index contributed by atoms with van der Waals surface area (Å²) in [5.74, 6) is 1.59. The third kappa shape index (κ3) is 3.00. The second kappa shape index (κ2) is 6.61. The molecule has 1 fully saturated rings. The second-order valence-corrected chi connectivity index (χ2v) is 6.63. The van der Waals surface area contributed by atoms with Crippen LogP contribution in [0.2, 0.25) is 0 Å². The first-order valence-electron chi connectivity index (χ1n) is 7.24. The molecule has 0 aliphatic heterocycles. The molecule has 1 aliphatic rings. The molecule has 0 radical (unpaired) electrons. The molecule has 1 aromatic rings. The van der Waals surface area contributed by atoms with Crippen LogP contribution in [0.5, 0.6) is 0 Å². The summed E-state index contributed by atoms with van der Waals surface area (Å²) in [6.45, 7) is 6.53. The zero-order valence-corrected chi connectivity index (χ0v) is 13.2. The lowest BCUT2D eigenvalue weighted by atomic mass is 9.68. The van der Waals surface area contributed by atoms with Crippen LogP contribution in [-0.2, 0) is 20.7 Å². The van der Waals surface area contributed by atoms with E-state index in [9.17, 15) is 4.79 Å². The maximum Gasteiger partial charge on any atom is 0.321 e. The molecule has 0 amide bonds. The summed E-state index contributed by atoms with van der Waals surface area (Å²) in [6, 6.07) is 0. The quantitative estimate of drug-likeness (QED) is 0.721. The van der Waals surface area contributed by atoms with Crippen LogP contribution in [0.4, 0.5) is 0 Å². The van der Waals surface area contributed by atoms with Gasteiger partial charge in [0.25, 0.3) is 0 Å². The number of hydrogen-bond acceptors (Lipinski definition) is 6. The van der Waals surface area contributed by atoms with E-state index in [0.717, 1.165) is 31.4 Å². The maximum atomic E-state index is 12.1. The summed E-state index contributed by atoms with van der Waals surface area (Å²) in [5.41, 5.74) is -0.678. The van der Waals surface area contributed by atoms with E-state index in [2.05, 4.69) is 24.0 Å². The van der Waals surface area contributed by atoms with Gasteiger partial charge >= 0.3 is 5.97 Å². The van der Waals surface area contributed by atoms with Crippen molar-refractivity contribution in [2.24, 2.45) is 0 Å². The summed E-state index contributed by atoms with van der Waals surface area (Å²) >= 11 is 1.80. The first-order chi connectivity index (χ1) is 9.62. The largest absolute Gasteiger partial charge is 0.465 e. The number of esters is 1. The van der Waals surface area contributed by atoms with E-state index >= 15 is 0 Å². The molecule has 1 aliphatic carbocycles. The summed E-state index contributed by atoms with van der Waals surface area (Å²) < 4.78 is 10.5. The minimum Gasteiger partial charge on any atom is -0.465 e. The van der Waals surface area contributed by atoms with Gasteiger partial charge in [0.05, 0.1) is 12.4 Å². The van der Waals surface area contributed by atoms with E-state index in [0.29, 0.717) is 23.6 Å². The molecule has 0 spiro atoms. The Morgan fingerprint density at radius 3 is 2.80 bits per heavy atom. The maximum absolute atomic E-state index is 12.1. The van der Waals surface area contributed by atoms with E-state index in [1.165, 1.54) is 0 Å². The van der Waals surface area contributed by atoms with Crippen LogP contribution in [0.25, 0.3) is 0 Å². The molecule has 0 bridgehead atoms. The molecule has 1 saturated carbocycles. The molecule has 112 valence electrons. The molecule has 0 aromatic carbocycles. The van der Waals surface area contributed by atoms with Crippen molar-refractivity contribution in [3.8, 4) is 0 Å². The lowest BCUT2D eigenvalue weighted by Crippen LogP contribution is -2.44. The summed E-state index contributed by atoms with van der Waals surface area (Å²) in [4.78, 5) is 16.5. The molecular formula is C14H22N2O3S. The fourth-order valence-corrected chi connectivity index (χ4v) is 2.93. The van der Waals surface area contributed by atoms with Crippen LogP contribution < -0.4 is 0 Å². The lowest BCUT2D eigenvalue weighted by molar-refractivity contribution is -0.155. The number of carbonyl (C=O) groups excluding carboxylic acids is 1. The van der Waals surface area contributed by atoms with E-state index < -0.39 is 5.41 Å². The lowest BCUT2D eigenvalue weighted by Gasteiger charge is -2.35. The Morgan fingerprint density at radius 2 is 2.25 bits per heavy atom. The van der Waals surface area contributed by atoms with Crippen molar-refractivity contribution in [1.29, 1.82) is 0 Å². The Balaban J connectivity index is 2.05. The highest BCUT2D eigenvalue weighted by molar-refractivity contribution is 7.99. The highest BCUT2D eigenvalue weighted by Crippen LogP contribution is 2.44. The van der Waals surface area contributed by atoms with E-state index in [1.54, 1.807) is 11.8 Å². The zero-order chi connectivity index (χ0) is 14.6. The Morgan fingerprint density at radius 1 is 1.50 bits per heavy atom. The summed E-state index contributed by atoms with van der Waals surface area (Å²) in [7, 11) is 0. The fourth-order valence-electron chi connectivity index (χ4n) is 2.15. The van der Waals surface area contributed by atoms with Gasteiger partial charge in [-0.3, -0.25) is 4.79 Å². The molecule has 1 aromatic heterocycles. The van der Waals surface area contributed by atoms with E-state index in [1.807, 2.05) is 6.92 Å². The third-order valence-electron chi connectivity index (χ3n) is 3.82. The zero-order valence-electron chi connectivity index (χ0n) is 12.3. The molecule has 20 heavy (non-hydrogen) atoms. The van der Waals surface area contributed by atoms with Gasteiger partial charge in [-0.05, 0) is 26.2 Å². The van der Waals surface area contributed by atoms with Gasteiger partial charge in [-0.15, -0.1) is 0 Å². The Hall–Kier alpha value is -1.04. The molecule has 1 atom stereocenters. The Kier molecular flexibility index (Phi) is 5.07. The number of nitrogens with zero attached hydrogens (tertiary/aromatic N) is 2. The highest BCUT2D eigenvalue weighted by atomic mass is 32.2. The molecule has 0 N–H and O–H groups in total. The van der Waals surface area contributed by atoms with Crippen molar-refractivity contribution in [1.82, 2.24) is 10.1 Å². The molecule has 1 unspecified atom stereocenters. The van der Waals surface area contributed by atoms with Crippen LogP contribution in [0.1, 0.15) is 58.2 Å². The number of thioether (sulfide) groups is 1. The minimum atomic E-state index is -0.678. The number of ether oxygens (including phenoxy) is 1. The molecule has 6 heteroatoms. The van der Waals surface area contributed by atoms with Crippen molar-refractivity contribution in [3.63, 3.8) is 0 Å². The molecule has 2 rings (SSSR count). The van der Waals surface area contributed by atoms with Crippen LogP contribution in [0.3, 0.4) is 0 Å². The first kappa shape index (κ1) is 15.4. The van der Waals surface area contributed by atoms with E-state index in [4.69, 9.17) is 9.26 Å². The summed E-state index contributed by atoms with van der Waals surface area (Å²) in [6.07, 6.45) is 3.60. The first-order valence-corrected chi connectivity index (χ1v) is 8.29. The van der Waals surface area contributed by atoms with Crippen molar-refractivity contribution in [3.05, 3.63) is 11.7 Å². The number of hydrogen-bond donors (Lipinski definition) is 0. The van der Waals surface area contributed by atoms with Gasteiger partial charge in [-0.1, -0.05) is 25.4 Å². The third-order valence-corrected chi connectivity index (χ3v) is 5.15. The normalized spacial score (nSPS) is 18.4. The number of rotatable bonds is 7. The van der Waals surface area contributed by atoms with Gasteiger partial charge in [-0.2, -0.15) is 16.7 Å². The molecular weight excluding hydrogens is 276 g/mol. The Bertz CT molecular complexity index is 457. The molecule has 5 nitrogen and oxygen atoms in total. The van der Waals surface area contributed by atoms with Gasteiger partial charge in [0, 0.05) is 5.25 Å². The SMILES string of the molecule is CCOC(=O)C1(c2nc(CSC(C)CC)no2)CCC1. The van der Waals surface area contributed by atoms with Crippen LogP contribution >= 0.6 is 11.8 Å². The van der Waals surface area contributed by atoms with Gasteiger partial charge in [0.1, 0.15) is 5.41 Å². The summed E-state index contributed by atoms with van der Waals surface area (Å²) in [5, 5.41) is 4.57. The molecule has 1 heterocycles. The van der Waals surface area contributed by atoms with Crippen molar-refractivity contribution in [2.75, 3.05) is 6.61 Å². The van der Waals surface area contributed by atoms with Crippen LogP contribution in [0, 0.1) is 0 Å². The highest BCUT2D eigenvalue weighted by Gasteiger charge is 2.51. The Labute approximate surface area is 123 Å². The standard InChI is InChI=1S/C14H22N2O3S/c1-4-10(3)20-9-11-15-12(19-16-11)14(7-6-8-14)13(17)18-5-2/h10H,4-9H2,1-3H3. The smallest absolute Gasteiger partial charge is 0.321 e. The predicted molar refractivity (Wildman–Crippen MR) is 77.5 cm³/mol. The predicted octanol–water partition coefficient (Wildman–Crippen LogP) is 3.09. The van der Waals surface area contributed by atoms with Gasteiger partial charge in [0.2, 0.25) is 5.89 Å². The van der Waals surface area contributed by atoms with Gasteiger partial charge in [-0.25, -0.2) is 0 Å². The van der Waals surface area contributed by atoms with E-state index in [-0.39, 0.29) is 5.97 Å². The van der Waals surface area contributed by atoms with Crippen LogP contribution in [-0.4, -0.2) is 28.0 Å². The van der Waals surface area contributed by atoms with Crippen LogP contribution in [0.15, 0.2) is 4.52 Å². The number of carbonyl (C=O) groups is 1. The average molecular weight is 298 g/mol. The minimum absolute atomic E-state index is 0.226. The van der Waals surface area contributed by atoms with Gasteiger partial charge < -0.3 is 9.26 Å². The van der Waals surface area contributed by atoms with Crippen molar-refractivity contribution in [2.45, 2.75) is 62.9 Å². The topological polar surface area (TPSA) is 65.2 Å². The molecule has 0 saturated heterocycles. The number of aromatic nitrogens is 2. The van der Waals surface area contributed by atoms with Crippen molar-refractivity contribution < 1.29 is 14.1 Å². The second-order valence-electron chi connectivity index (χ2n) is 5.20. The van der Waals surface area contributed by atoms with Gasteiger partial charge in [0.15, 0.2) is 5.82 Å². The monoisotopic (exact) mass is 298 g/mol. The van der Waals surface area contributed by atoms with Crippen molar-refractivity contribution >= 4 is 17.7 Å².